The van der Waals surface area contributed by atoms with E-state index in [4.69, 9.17) is 0 Å². The van der Waals surface area contributed by atoms with Gasteiger partial charge in [0.15, 0.2) is 0 Å². The van der Waals surface area contributed by atoms with Crippen molar-refractivity contribution in [3.63, 3.8) is 0 Å². The van der Waals surface area contributed by atoms with Crippen molar-refractivity contribution in [1.29, 1.82) is 0 Å². The fourth-order valence-electron chi connectivity index (χ4n) is 3.78. The molecule has 3 radical (unpaired) electrons. The number of unbranched alkanes of at least 4 members (excludes halogenated alkanes) is 9. The third kappa shape index (κ3) is 8.06. The Kier molecular flexibility index (Phi) is 10.9. The van der Waals surface area contributed by atoms with Crippen LogP contribution in [-0.2, 0) is 9.84 Å². The predicted molar refractivity (Wildman–Crippen MR) is 122 cm³/mol. The Balaban J connectivity index is 1.70. The van der Waals surface area contributed by atoms with Crippen LogP contribution >= 0.6 is 0 Å². The molecule has 28 heavy (non-hydrogen) atoms. The van der Waals surface area contributed by atoms with Gasteiger partial charge in [-0.3, -0.25) is 0 Å². The summed E-state index contributed by atoms with van der Waals surface area (Å²) in [6, 6.07) is 13.4. The molecule has 2 aromatic rings. The van der Waals surface area contributed by atoms with Crippen molar-refractivity contribution in [1.82, 2.24) is 0 Å². The zero-order chi connectivity index (χ0) is 20.2. The molecule has 0 aliphatic rings. The van der Waals surface area contributed by atoms with Gasteiger partial charge in [-0.25, -0.2) is 0 Å². The van der Waals surface area contributed by atoms with E-state index in [1.165, 1.54) is 80.3 Å². The SMILES string of the molecule is CCCCCCCCCCCC[CH]([Sn])CS(=O)(=O)c1cccc2ccccc12. The number of fused-ring (bicyclic) bond motifs is 1. The molecule has 0 heterocycles. The topological polar surface area (TPSA) is 34.1 Å². The maximum absolute atomic E-state index is 13.0. The summed E-state index contributed by atoms with van der Waals surface area (Å²) in [6.07, 6.45) is 14.3. The summed E-state index contributed by atoms with van der Waals surface area (Å²) >= 11 is 1.34. The molecule has 153 valence electrons. The molecule has 0 saturated heterocycles. The van der Waals surface area contributed by atoms with E-state index in [0.717, 1.165) is 23.6 Å². The van der Waals surface area contributed by atoms with E-state index in [1.54, 1.807) is 6.07 Å². The average molecular weight is 506 g/mol. The summed E-state index contributed by atoms with van der Waals surface area (Å²) in [7, 11) is -3.23. The molecule has 0 amide bonds. The minimum atomic E-state index is -3.23. The van der Waals surface area contributed by atoms with Gasteiger partial charge in [-0.1, -0.05) is 6.92 Å². The van der Waals surface area contributed by atoms with Crippen LogP contribution in [0.2, 0.25) is 3.93 Å². The first-order chi connectivity index (χ1) is 13.5. The van der Waals surface area contributed by atoms with Crippen molar-refractivity contribution in [3.05, 3.63) is 42.5 Å². The molecule has 0 aliphatic heterocycles. The zero-order valence-corrected chi connectivity index (χ0v) is 21.0. The number of benzene rings is 2. The van der Waals surface area contributed by atoms with Gasteiger partial charge in [-0.05, 0) is 0 Å². The van der Waals surface area contributed by atoms with Crippen molar-refractivity contribution >= 4 is 43.1 Å². The number of sulfone groups is 1. The van der Waals surface area contributed by atoms with E-state index in [-0.39, 0.29) is 5.75 Å². The first-order valence-electron chi connectivity index (χ1n) is 11.0. The molecule has 0 bridgehead atoms. The molecule has 0 aromatic heterocycles. The monoisotopic (exact) mass is 507 g/mol. The van der Waals surface area contributed by atoms with E-state index >= 15 is 0 Å². The van der Waals surface area contributed by atoms with Crippen LogP contribution in [0.15, 0.2) is 47.4 Å². The van der Waals surface area contributed by atoms with Gasteiger partial charge in [0.1, 0.15) is 0 Å². The Morgan fingerprint density at radius 1 is 0.786 bits per heavy atom. The van der Waals surface area contributed by atoms with Crippen LogP contribution in [0.5, 0.6) is 0 Å². The van der Waals surface area contributed by atoms with Gasteiger partial charge in [0, 0.05) is 0 Å². The van der Waals surface area contributed by atoms with Gasteiger partial charge in [0.2, 0.25) is 0 Å². The van der Waals surface area contributed by atoms with Gasteiger partial charge >= 0.3 is 179 Å². The molecular formula is C24H35O2SSn. The third-order valence-corrected chi connectivity index (χ3v) is 9.53. The van der Waals surface area contributed by atoms with Gasteiger partial charge < -0.3 is 0 Å². The molecule has 4 heteroatoms. The van der Waals surface area contributed by atoms with Gasteiger partial charge in [0.05, 0.1) is 0 Å². The molecular weight excluding hydrogens is 471 g/mol. The molecule has 0 N–H and O–H groups in total. The van der Waals surface area contributed by atoms with Crippen LogP contribution in [-0.4, -0.2) is 36.7 Å². The fraction of sp³-hybridized carbons (Fsp3) is 0.583. The molecule has 1 atom stereocenters. The molecule has 0 fully saturated rings. The van der Waals surface area contributed by atoms with Crippen molar-refractivity contribution in [2.24, 2.45) is 0 Å². The zero-order valence-electron chi connectivity index (χ0n) is 17.3. The van der Waals surface area contributed by atoms with Crippen LogP contribution in [0.3, 0.4) is 0 Å². The standard InChI is InChI=1S/C24H35O2S.Sn/c1-2-3-4-5-6-7-8-9-10-11-12-15-21-27(25,26)24-20-16-18-22-17-13-14-19-23(22)24;/h13-20H,2-12,21H2,1H3;. The van der Waals surface area contributed by atoms with Crippen LogP contribution in [0.4, 0.5) is 0 Å². The number of hydrogen-bond donors (Lipinski definition) is 0. The second-order valence-electron chi connectivity index (χ2n) is 7.93. The van der Waals surface area contributed by atoms with Crippen LogP contribution in [0.25, 0.3) is 10.8 Å². The Bertz CT molecular complexity index is 796. The fourth-order valence-corrected chi connectivity index (χ4v) is 7.93. The Morgan fingerprint density at radius 3 is 2.04 bits per heavy atom. The first kappa shape index (κ1) is 23.7. The molecule has 2 rings (SSSR count). The minimum absolute atomic E-state index is 0.288. The van der Waals surface area contributed by atoms with Crippen LogP contribution in [0.1, 0.15) is 77.6 Å². The molecule has 1 unspecified atom stereocenters. The summed E-state index contributed by atoms with van der Waals surface area (Å²) < 4.78 is 26.2. The van der Waals surface area contributed by atoms with Crippen molar-refractivity contribution in [2.75, 3.05) is 5.75 Å². The van der Waals surface area contributed by atoms with E-state index in [9.17, 15) is 8.42 Å². The maximum atomic E-state index is 13.0. The van der Waals surface area contributed by atoms with Gasteiger partial charge in [0.25, 0.3) is 0 Å². The molecule has 0 spiro atoms. The Morgan fingerprint density at radius 2 is 1.36 bits per heavy atom. The summed E-state index contributed by atoms with van der Waals surface area (Å²) in [5.74, 6) is 0.288. The quantitative estimate of drug-likeness (QED) is 0.207. The van der Waals surface area contributed by atoms with E-state index in [0.29, 0.717) is 8.83 Å². The third-order valence-electron chi connectivity index (χ3n) is 5.41. The second kappa shape index (κ2) is 12.9. The average Bonchev–Trinajstić information content (AvgIpc) is 2.68. The van der Waals surface area contributed by atoms with Gasteiger partial charge in [-0.15, -0.1) is 0 Å². The van der Waals surface area contributed by atoms with Crippen molar-refractivity contribution in [2.45, 2.75) is 86.4 Å². The summed E-state index contributed by atoms with van der Waals surface area (Å²) in [4.78, 5) is 0.501. The Labute approximate surface area is 185 Å². The summed E-state index contributed by atoms with van der Waals surface area (Å²) in [5, 5.41) is 1.85. The molecule has 0 aliphatic carbocycles. The van der Waals surface area contributed by atoms with E-state index in [2.05, 4.69) is 6.92 Å². The predicted octanol–water partition coefficient (Wildman–Crippen LogP) is 6.88. The number of hydrogen-bond acceptors (Lipinski definition) is 2. The summed E-state index contributed by atoms with van der Waals surface area (Å²) in [5.41, 5.74) is 0. The number of rotatable bonds is 14. The normalized spacial score (nSPS) is 13.1. The van der Waals surface area contributed by atoms with E-state index < -0.39 is 9.84 Å². The van der Waals surface area contributed by atoms with E-state index in [1.807, 2.05) is 36.4 Å². The molecule has 2 aromatic carbocycles. The second-order valence-corrected chi connectivity index (χ2v) is 12.3. The Hall–Kier alpha value is -0.551. The van der Waals surface area contributed by atoms with Crippen molar-refractivity contribution < 1.29 is 8.42 Å². The van der Waals surface area contributed by atoms with Gasteiger partial charge in [-0.2, -0.15) is 0 Å². The summed E-state index contributed by atoms with van der Waals surface area (Å²) in [6.45, 7) is 2.26. The molecule has 2 nitrogen and oxygen atoms in total. The first-order valence-corrected chi connectivity index (χ1v) is 14.3. The van der Waals surface area contributed by atoms with Crippen molar-refractivity contribution in [3.8, 4) is 0 Å². The van der Waals surface area contributed by atoms with Crippen LogP contribution in [0, 0.1) is 0 Å². The van der Waals surface area contributed by atoms with Crippen LogP contribution < -0.4 is 0 Å². The molecule has 0 saturated carbocycles.